The predicted molar refractivity (Wildman–Crippen MR) is 92.9 cm³/mol. The molecular weight excluding hydrogens is 308 g/mol. The smallest absolute Gasteiger partial charge is 0.309 e. The van der Waals surface area contributed by atoms with Gasteiger partial charge in [0.05, 0.1) is 5.41 Å². The van der Waals surface area contributed by atoms with Crippen molar-refractivity contribution in [1.29, 1.82) is 0 Å². The molecule has 0 aliphatic heterocycles. The van der Waals surface area contributed by atoms with Crippen molar-refractivity contribution in [2.75, 3.05) is 13.2 Å². The van der Waals surface area contributed by atoms with Crippen LogP contribution in [0.5, 0.6) is 0 Å². The molecule has 1 aliphatic rings. The Labute approximate surface area is 146 Å². The van der Waals surface area contributed by atoms with E-state index in [2.05, 4.69) is 0 Å². The van der Waals surface area contributed by atoms with Gasteiger partial charge in [-0.05, 0) is 58.8 Å². The topological polar surface area (TPSA) is 72.8 Å². The van der Waals surface area contributed by atoms with Crippen LogP contribution in [-0.4, -0.2) is 36.4 Å². The molecule has 5 nitrogen and oxygen atoms in total. The van der Waals surface area contributed by atoms with Crippen LogP contribution in [0.2, 0.25) is 0 Å². The molecule has 1 aliphatic carbocycles. The maximum atomic E-state index is 11.0. The van der Waals surface area contributed by atoms with Crippen molar-refractivity contribution in [3.05, 3.63) is 0 Å². The van der Waals surface area contributed by atoms with E-state index in [1.807, 2.05) is 0 Å². The van der Waals surface area contributed by atoms with Gasteiger partial charge in [-0.15, -0.1) is 0 Å². The summed E-state index contributed by atoms with van der Waals surface area (Å²) in [6, 6.07) is 0. The second-order valence-electron chi connectivity index (χ2n) is 7.67. The molecule has 0 amide bonds. The summed E-state index contributed by atoms with van der Waals surface area (Å²) < 4.78 is 10.8. The Bertz CT molecular complexity index is 374. The van der Waals surface area contributed by atoms with E-state index in [1.54, 1.807) is 13.8 Å². The number of carboxylic acids is 1. The number of hydrogen-bond acceptors (Lipinski definition) is 4. The largest absolute Gasteiger partial charge is 0.481 e. The molecule has 0 heterocycles. The van der Waals surface area contributed by atoms with Gasteiger partial charge in [-0.25, -0.2) is 0 Å². The van der Waals surface area contributed by atoms with Gasteiger partial charge in [-0.1, -0.05) is 25.7 Å². The second-order valence-corrected chi connectivity index (χ2v) is 7.67. The van der Waals surface area contributed by atoms with Crippen LogP contribution in [0.3, 0.4) is 0 Å². The number of aliphatic carboxylic acids is 1. The highest BCUT2D eigenvalue weighted by Gasteiger charge is 2.44. The molecule has 1 rings (SSSR count). The highest BCUT2D eigenvalue weighted by molar-refractivity contribution is 5.73. The summed E-state index contributed by atoms with van der Waals surface area (Å²) in [5.41, 5.74) is -0.718. The SMILES string of the molecule is CC(C)(CCCCCCOCCCCCC1(OC=O)CC1)C(=O)O. The zero-order valence-corrected chi connectivity index (χ0v) is 15.3. The van der Waals surface area contributed by atoms with E-state index in [-0.39, 0.29) is 5.60 Å². The minimum atomic E-state index is -0.712. The maximum absolute atomic E-state index is 11.0. The van der Waals surface area contributed by atoms with Crippen LogP contribution in [0.4, 0.5) is 0 Å². The van der Waals surface area contributed by atoms with Crippen molar-refractivity contribution in [2.24, 2.45) is 5.41 Å². The zero-order chi connectivity index (χ0) is 17.9. The fourth-order valence-electron chi connectivity index (χ4n) is 2.83. The fourth-order valence-corrected chi connectivity index (χ4v) is 2.83. The minimum absolute atomic E-state index is 0.113. The Morgan fingerprint density at radius 2 is 1.62 bits per heavy atom. The van der Waals surface area contributed by atoms with Gasteiger partial charge in [0.2, 0.25) is 0 Å². The van der Waals surface area contributed by atoms with E-state index in [4.69, 9.17) is 14.6 Å². The summed E-state index contributed by atoms with van der Waals surface area (Å²) in [5, 5.41) is 9.03. The highest BCUT2D eigenvalue weighted by atomic mass is 16.5. The molecule has 1 N–H and O–H groups in total. The fraction of sp³-hybridized carbons (Fsp3) is 0.895. The first kappa shape index (κ1) is 20.9. The van der Waals surface area contributed by atoms with Crippen LogP contribution < -0.4 is 0 Å². The molecule has 0 radical (unpaired) electrons. The molecular formula is C19H34O5. The third-order valence-corrected chi connectivity index (χ3v) is 4.95. The lowest BCUT2D eigenvalue weighted by Crippen LogP contribution is -2.23. The third-order valence-electron chi connectivity index (χ3n) is 4.95. The average molecular weight is 342 g/mol. The Morgan fingerprint density at radius 1 is 1.04 bits per heavy atom. The summed E-state index contributed by atoms with van der Waals surface area (Å²) in [7, 11) is 0. The lowest BCUT2D eigenvalue weighted by molar-refractivity contribution is -0.147. The summed E-state index contributed by atoms with van der Waals surface area (Å²) in [5.74, 6) is -0.712. The maximum Gasteiger partial charge on any atom is 0.309 e. The lowest BCUT2D eigenvalue weighted by Gasteiger charge is -2.18. The molecule has 0 aromatic carbocycles. The first-order valence-electron chi connectivity index (χ1n) is 9.34. The summed E-state index contributed by atoms with van der Waals surface area (Å²) in [6.45, 7) is 5.75. The van der Waals surface area contributed by atoms with Crippen LogP contribution in [0.25, 0.3) is 0 Å². The van der Waals surface area contributed by atoms with Crippen LogP contribution in [0, 0.1) is 5.41 Å². The van der Waals surface area contributed by atoms with Crippen LogP contribution in [0.1, 0.15) is 84.5 Å². The molecule has 0 unspecified atom stereocenters. The molecule has 0 saturated heterocycles. The Hall–Kier alpha value is -1.10. The minimum Gasteiger partial charge on any atom is -0.481 e. The van der Waals surface area contributed by atoms with Crippen molar-refractivity contribution >= 4 is 12.4 Å². The molecule has 0 spiro atoms. The van der Waals surface area contributed by atoms with Crippen molar-refractivity contribution < 1.29 is 24.2 Å². The van der Waals surface area contributed by atoms with Crippen molar-refractivity contribution in [2.45, 2.75) is 90.1 Å². The van der Waals surface area contributed by atoms with Crippen LogP contribution in [0.15, 0.2) is 0 Å². The van der Waals surface area contributed by atoms with Gasteiger partial charge < -0.3 is 14.6 Å². The number of carbonyl (C=O) groups excluding carboxylic acids is 1. The van der Waals surface area contributed by atoms with Gasteiger partial charge in [-0.2, -0.15) is 0 Å². The molecule has 0 aromatic heterocycles. The van der Waals surface area contributed by atoms with Gasteiger partial charge >= 0.3 is 5.97 Å². The number of rotatable bonds is 16. The van der Waals surface area contributed by atoms with Crippen molar-refractivity contribution in [3.63, 3.8) is 0 Å². The van der Waals surface area contributed by atoms with E-state index in [1.165, 1.54) is 0 Å². The number of carbonyl (C=O) groups is 2. The monoisotopic (exact) mass is 342 g/mol. The second kappa shape index (κ2) is 10.7. The van der Waals surface area contributed by atoms with Gasteiger partial charge in [0.25, 0.3) is 6.47 Å². The zero-order valence-electron chi connectivity index (χ0n) is 15.3. The van der Waals surface area contributed by atoms with E-state index in [9.17, 15) is 9.59 Å². The highest BCUT2D eigenvalue weighted by Crippen LogP contribution is 2.43. The molecule has 0 aromatic rings. The van der Waals surface area contributed by atoms with Gasteiger partial charge in [0.15, 0.2) is 0 Å². The van der Waals surface area contributed by atoms with Gasteiger partial charge in [0, 0.05) is 13.2 Å². The number of ether oxygens (including phenoxy) is 2. The summed E-state index contributed by atoms with van der Waals surface area (Å²) in [6.07, 6.45) is 11.2. The van der Waals surface area contributed by atoms with E-state index in [0.29, 0.717) is 6.47 Å². The molecule has 0 bridgehead atoms. The average Bonchev–Trinajstić information content (AvgIpc) is 3.28. The van der Waals surface area contributed by atoms with E-state index in [0.717, 1.165) is 83.8 Å². The van der Waals surface area contributed by atoms with E-state index < -0.39 is 11.4 Å². The molecule has 1 fully saturated rings. The van der Waals surface area contributed by atoms with Gasteiger partial charge in [0.1, 0.15) is 5.60 Å². The standard InChI is InChI=1S/C19H34O5/c1-18(2,17(21)22)10-6-3-4-8-14-23-15-9-5-7-11-19(12-13-19)24-16-20/h16H,3-15H2,1-2H3,(H,21,22). The lowest BCUT2D eigenvalue weighted by atomic mass is 9.87. The Morgan fingerprint density at radius 3 is 2.17 bits per heavy atom. The number of carboxylic acid groups (broad SMARTS) is 1. The number of hydrogen-bond donors (Lipinski definition) is 1. The molecule has 140 valence electrons. The molecule has 5 heteroatoms. The van der Waals surface area contributed by atoms with Crippen molar-refractivity contribution in [3.8, 4) is 0 Å². The van der Waals surface area contributed by atoms with Gasteiger partial charge in [-0.3, -0.25) is 9.59 Å². The van der Waals surface area contributed by atoms with E-state index >= 15 is 0 Å². The quantitative estimate of drug-likeness (QED) is 0.334. The summed E-state index contributed by atoms with van der Waals surface area (Å²) >= 11 is 0. The van der Waals surface area contributed by atoms with Crippen LogP contribution in [-0.2, 0) is 19.1 Å². The Balaban J connectivity index is 1.81. The predicted octanol–water partition coefficient (Wildman–Crippen LogP) is 4.33. The van der Waals surface area contributed by atoms with Crippen molar-refractivity contribution in [1.82, 2.24) is 0 Å². The Kier molecular flexibility index (Phi) is 9.34. The molecule has 0 atom stereocenters. The molecule has 24 heavy (non-hydrogen) atoms. The third kappa shape index (κ3) is 8.67. The molecule has 1 saturated carbocycles. The summed E-state index contributed by atoms with van der Waals surface area (Å²) in [4.78, 5) is 21.4. The first-order valence-corrected chi connectivity index (χ1v) is 9.34. The normalized spacial score (nSPS) is 15.9. The first-order chi connectivity index (χ1) is 11.4. The van der Waals surface area contributed by atoms with Crippen LogP contribution >= 0.6 is 0 Å². The number of unbranched alkanes of at least 4 members (excludes halogenated alkanes) is 5.